The van der Waals surface area contributed by atoms with Crippen LogP contribution in [0.1, 0.15) is 18.1 Å². The number of nitrogens with zero attached hydrogens (tertiary/aromatic N) is 3. The van der Waals surface area contributed by atoms with Crippen molar-refractivity contribution in [2.45, 2.75) is 20.8 Å². The van der Waals surface area contributed by atoms with E-state index in [2.05, 4.69) is 4.90 Å². The van der Waals surface area contributed by atoms with Crippen molar-refractivity contribution >= 4 is 23.2 Å². The van der Waals surface area contributed by atoms with Crippen LogP contribution in [-0.2, 0) is 9.59 Å². The Morgan fingerprint density at radius 2 is 1.66 bits per heavy atom. The lowest BCUT2D eigenvalue weighted by Gasteiger charge is -2.37. The first-order valence-electron chi connectivity index (χ1n) is 9.91. The summed E-state index contributed by atoms with van der Waals surface area (Å²) in [4.78, 5) is 30.9. The minimum Gasteiger partial charge on any atom is -0.497 e. The molecular weight excluding hydrogens is 366 g/mol. The Morgan fingerprint density at radius 1 is 1.00 bits per heavy atom. The molecule has 29 heavy (non-hydrogen) atoms. The molecule has 0 N–H and O–H groups in total. The van der Waals surface area contributed by atoms with E-state index in [0.29, 0.717) is 13.1 Å². The van der Waals surface area contributed by atoms with Gasteiger partial charge in [0.2, 0.25) is 11.8 Å². The molecule has 0 spiro atoms. The highest BCUT2D eigenvalue weighted by molar-refractivity contribution is 5.98. The summed E-state index contributed by atoms with van der Waals surface area (Å²) >= 11 is 0. The first-order chi connectivity index (χ1) is 13.9. The molecule has 154 valence electrons. The maximum atomic E-state index is 12.9. The fourth-order valence-electron chi connectivity index (χ4n) is 3.62. The van der Waals surface area contributed by atoms with Crippen molar-refractivity contribution in [1.82, 2.24) is 4.90 Å². The number of methoxy groups -OCH3 is 1. The third kappa shape index (κ3) is 4.88. The van der Waals surface area contributed by atoms with Crippen LogP contribution in [0.3, 0.4) is 0 Å². The number of hydrogen-bond donors (Lipinski definition) is 0. The van der Waals surface area contributed by atoms with Crippen LogP contribution in [0.15, 0.2) is 42.5 Å². The van der Waals surface area contributed by atoms with Gasteiger partial charge < -0.3 is 19.4 Å². The van der Waals surface area contributed by atoms with Gasteiger partial charge in [-0.15, -0.1) is 0 Å². The van der Waals surface area contributed by atoms with Gasteiger partial charge in [0, 0.05) is 44.5 Å². The number of aryl methyl sites for hydroxylation is 2. The molecule has 1 heterocycles. The Labute approximate surface area is 172 Å². The summed E-state index contributed by atoms with van der Waals surface area (Å²) in [6, 6.07) is 13.9. The first-order valence-corrected chi connectivity index (χ1v) is 9.91. The van der Waals surface area contributed by atoms with Crippen LogP contribution in [0.5, 0.6) is 5.75 Å². The van der Waals surface area contributed by atoms with E-state index in [1.54, 1.807) is 12.0 Å². The third-order valence-corrected chi connectivity index (χ3v) is 5.40. The van der Waals surface area contributed by atoms with Crippen molar-refractivity contribution < 1.29 is 14.3 Å². The van der Waals surface area contributed by atoms with E-state index in [-0.39, 0.29) is 18.4 Å². The second-order valence-electron chi connectivity index (χ2n) is 7.46. The smallest absolute Gasteiger partial charge is 0.242 e. The molecule has 6 heteroatoms. The first kappa shape index (κ1) is 20.7. The molecule has 0 radical (unpaired) electrons. The Hall–Kier alpha value is -3.02. The van der Waals surface area contributed by atoms with E-state index >= 15 is 0 Å². The minimum absolute atomic E-state index is 0.0181. The van der Waals surface area contributed by atoms with Crippen LogP contribution in [0.25, 0.3) is 0 Å². The highest BCUT2D eigenvalue weighted by Gasteiger charge is 2.25. The second kappa shape index (κ2) is 8.99. The lowest BCUT2D eigenvalue weighted by Crippen LogP contribution is -2.52. The molecule has 1 fully saturated rings. The zero-order chi connectivity index (χ0) is 21.0. The molecule has 1 aliphatic rings. The number of amides is 2. The van der Waals surface area contributed by atoms with E-state index in [1.165, 1.54) is 6.92 Å². The largest absolute Gasteiger partial charge is 0.497 e. The van der Waals surface area contributed by atoms with Crippen molar-refractivity contribution in [3.8, 4) is 5.75 Å². The van der Waals surface area contributed by atoms with Crippen LogP contribution in [0.2, 0.25) is 0 Å². The Balaban J connectivity index is 1.63. The van der Waals surface area contributed by atoms with Gasteiger partial charge in [0.1, 0.15) is 12.3 Å². The summed E-state index contributed by atoms with van der Waals surface area (Å²) < 4.78 is 5.21. The van der Waals surface area contributed by atoms with Crippen LogP contribution in [0, 0.1) is 13.8 Å². The average molecular weight is 396 g/mol. The molecule has 0 bridgehead atoms. The predicted octanol–water partition coefficient (Wildman–Crippen LogP) is 3.01. The molecule has 2 amide bonds. The van der Waals surface area contributed by atoms with E-state index in [1.807, 2.05) is 61.2 Å². The fraction of sp³-hybridized carbons (Fsp3) is 0.391. The molecule has 0 atom stereocenters. The van der Waals surface area contributed by atoms with Gasteiger partial charge in [-0.2, -0.15) is 0 Å². The molecule has 2 aromatic rings. The number of piperazine rings is 1. The quantitative estimate of drug-likeness (QED) is 0.781. The Morgan fingerprint density at radius 3 is 2.24 bits per heavy atom. The highest BCUT2D eigenvalue weighted by Crippen LogP contribution is 2.23. The van der Waals surface area contributed by atoms with Gasteiger partial charge in [0.15, 0.2) is 0 Å². The number of anilines is 2. The van der Waals surface area contributed by atoms with E-state index in [9.17, 15) is 9.59 Å². The molecule has 1 saturated heterocycles. The number of carbonyl (C=O) groups is 2. The summed E-state index contributed by atoms with van der Waals surface area (Å²) in [6.45, 7) is 8.35. The molecule has 0 saturated carbocycles. The van der Waals surface area contributed by atoms with Crippen molar-refractivity contribution in [1.29, 1.82) is 0 Å². The standard InChI is InChI=1S/C23H29N3O3/c1-17-5-6-18(2)22(15-17)26(19(3)27)16-23(28)25-13-11-24(12-14-25)20-7-9-21(29-4)10-8-20/h5-10,15H,11-14,16H2,1-4H3. The van der Waals surface area contributed by atoms with Gasteiger partial charge in [-0.05, 0) is 55.3 Å². The maximum Gasteiger partial charge on any atom is 0.242 e. The Bertz CT molecular complexity index is 871. The molecule has 2 aromatic carbocycles. The van der Waals surface area contributed by atoms with E-state index in [4.69, 9.17) is 4.74 Å². The number of rotatable bonds is 5. The van der Waals surface area contributed by atoms with E-state index in [0.717, 1.165) is 41.3 Å². The lowest BCUT2D eigenvalue weighted by molar-refractivity contribution is -0.131. The van der Waals surface area contributed by atoms with Crippen LogP contribution in [-0.4, -0.2) is 56.5 Å². The van der Waals surface area contributed by atoms with Gasteiger partial charge in [-0.1, -0.05) is 12.1 Å². The van der Waals surface area contributed by atoms with Crippen molar-refractivity contribution in [2.24, 2.45) is 0 Å². The SMILES string of the molecule is COc1ccc(N2CCN(C(=O)CN(C(C)=O)c3cc(C)ccc3C)CC2)cc1. The summed E-state index contributed by atoms with van der Waals surface area (Å²) in [7, 11) is 1.65. The summed E-state index contributed by atoms with van der Waals surface area (Å²) in [5.41, 5.74) is 3.99. The molecular formula is C23H29N3O3. The van der Waals surface area contributed by atoms with Crippen molar-refractivity contribution in [2.75, 3.05) is 49.6 Å². The number of carbonyl (C=O) groups excluding carboxylic acids is 2. The molecule has 0 unspecified atom stereocenters. The Kier molecular flexibility index (Phi) is 6.42. The van der Waals surface area contributed by atoms with Crippen LogP contribution in [0.4, 0.5) is 11.4 Å². The highest BCUT2D eigenvalue weighted by atomic mass is 16.5. The van der Waals surface area contributed by atoms with Gasteiger partial charge >= 0.3 is 0 Å². The van der Waals surface area contributed by atoms with Crippen LogP contribution < -0.4 is 14.5 Å². The maximum absolute atomic E-state index is 12.9. The topological polar surface area (TPSA) is 53.1 Å². The zero-order valence-electron chi connectivity index (χ0n) is 17.6. The van der Waals surface area contributed by atoms with Crippen LogP contribution >= 0.6 is 0 Å². The number of ether oxygens (including phenoxy) is 1. The van der Waals surface area contributed by atoms with Gasteiger partial charge in [0.25, 0.3) is 0 Å². The third-order valence-electron chi connectivity index (χ3n) is 5.40. The molecule has 3 rings (SSSR count). The van der Waals surface area contributed by atoms with Gasteiger partial charge in [-0.3, -0.25) is 9.59 Å². The average Bonchev–Trinajstić information content (AvgIpc) is 2.73. The van der Waals surface area contributed by atoms with Gasteiger partial charge in [-0.25, -0.2) is 0 Å². The van der Waals surface area contributed by atoms with Crippen molar-refractivity contribution in [3.05, 3.63) is 53.6 Å². The molecule has 6 nitrogen and oxygen atoms in total. The number of benzene rings is 2. The fourth-order valence-corrected chi connectivity index (χ4v) is 3.62. The minimum atomic E-state index is -0.121. The van der Waals surface area contributed by atoms with Gasteiger partial charge in [0.05, 0.1) is 7.11 Å². The monoisotopic (exact) mass is 395 g/mol. The predicted molar refractivity (Wildman–Crippen MR) is 116 cm³/mol. The van der Waals surface area contributed by atoms with Crippen molar-refractivity contribution in [3.63, 3.8) is 0 Å². The second-order valence-corrected chi connectivity index (χ2v) is 7.46. The zero-order valence-corrected chi connectivity index (χ0v) is 17.6. The van der Waals surface area contributed by atoms with E-state index < -0.39 is 0 Å². The molecule has 0 aliphatic carbocycles. The summed E-state index contributed by atoms with van der Waals surface area (Å²) in [5, 5.41) is 0. The molecule has 1 aliphatic heterocycles. The number of hydrogen-bond acceptors (Lipinski definition) is 4. The molecule has 0 aromatic heterocycles. The lowest BCUT2D eigenvalue weighted by atomic mass is 10.1. The summed E-state index contributed by atoms with van der Waals surface area (Å²) in [5.74, 6) is 0.692. The normalized spacial score (nSPS) is 13.9. The summed E-state index contributed by atoms with van der Waals surface area (Å²) in [6.07, 6.45) is 0.